The normalized spacial score (nSPS) is 10.8. The molecule has 0 unspecified atom stereocenters. The molecule has 2 aromatic rings. The molecule has 0 bridgehead atoms. The summed E-state index contributed by atoms with van der Waals surface area (Å²) >= 11 is 0. The predicted molar refractivity (Wildman–Crippen MR) is 67.9 cm³/mol. The van der Waals surface area contributed by atoms with Crippen molar-refractivity contribution in [2.24, 2.45) is 0 Å². The van der Waals surface area contributed by atoms with Gasteiger partial charge < -0.3 is 9.52 Å². The summed E-state index contributed by atoms with van der Waals surface area (Å²) in [6.45, 7) is 3.77. The molecule has 1 N–H and O–H groups in total. The Labute approximate surface area is 104 Å². The maximum Gasteiger partial charge on any atom is 0.340 e. The molecule has 2 rings (SSSR count). The highest BCUT2D eigenvalue weighted by molar-refractivity contribution is 5.83. The number of aliphatic carboxylic acids is 1. The number of carbonyl (C=O) groups is 1. The number of carboxylic acids is 1. The minimum absolute atomic E-state index is 0.222. The van der Waals surface area contributed by atoms with Gasteiger partial charge in [0.05, 0.1) is 12.0 Å². The van der Waals surface area contributed by atoms with Crippen LogP contribution >= 0.6 is 0 Å². The summed E-state index contributed by atoms with van der Waals surface area (Å²) in [6.07, 6.45) is 0.551. The van der Waals surface area contributed by atoms with Crippen LogP contribution in [0.15, 0.2) is 27.4 Å². The Balaban J connectivity index is 2.71. The van der Waals surface area contributed by atoms with Crippen LogP contribution < -0.4 is 5.63 Å². The SMILES string of the molecule is CCc1ccc2c(C)c(CC(=O)O)c(=O)oc2c1. The summed E-state index contributed by atoms with van der Waals surface area (Å²) in [5, 5.41) is 9.58. The van der Waals surface area contributed by atoms with Crippen LogP contribution in [0.5, 0.6) is 0 Å². The van der Waals surface area contributed by atoms with Gasteiger partial charge in [0.15, 0.2) is 0 Å². The minimum atomic E-state index is -1.03. The maximum absolute atomic E-state index is 11.8. The highest BCUT2D eigenvalue weighted by Gasteiger charge is 2.14. The van der Waals surface area contributed by atoms with E-state index in [1.165, 1.54) is 0 Å². The highest BCUT2D eigenvalue weighted by Crippen LogP contribution is 2.21. The van der Waals surface area contributed by atoms with E-state index in [4.69, 9.17) is 9.52 Å². The first kappa shape index (κ1) is 12.4. The molecule has 0 atom stereocenters. The molecule has 1 aromatic carbocycles. The van der Waals surface area contributed by atoms with Crippen molar-refractivity contribution in [2.75, 3.05) is 0 Å². The Bertz CT molecular complexity index is 667. The van der Waals surface area contributed by atoms with Crippen molar-refractivity contribution in [3.63, 3.8) is 0 Å². The van der Waals surface area contributed by atoms with Gasteiger partial charge in [0, 0.05) is 5.39 Å². The molecule has 0 spiro atoms. The standard InChI is InChI=1S/C14H14O4/c1-3-9-4-5-10-8(2)11(7-13(15)16)14(17)18-12(10)6-9/h4-6H,3,7H2,1-2H3,(H,15,16). The van der Waals surface area contributed by atoms with E-state index in [0.29, 0.717) is 11.1 Å². The summed E-state index contributed by atoms with van der Waals surface area (Å²) in [4.78, 5) is 22.5. The number of benzene rings is 1. The third-order valence-corrected chi connectivity index (χ3v) is 3.09. The molecule has 1 heterocycles. The van der Waals surface area contributed by atoms with Crippen molar-refractivity contribution in [3.8, 4) is 0 Å². The number of hydrogen-bond donors (Lipinski definition) is 1. The van der Waals surface area contributed by atoms with Gasteiger partial charge in [0.1, 0.15) is 5.58 Å². The first-order valence-corrected chi connectivity index (χ1v) is 5.80. The third kappa shape index (κ3) is 2.14. The van der Waals surface area contributed by atoms with Crippen molar-refractivity contribution in [1.29, 1.82) is 0 Å². The lowest BCUT2D eigenvalue weighted by molar-refractivity contribution is -0.136. The summed E-state index contributed by atoms with van der Waals surface area (Å²) in [7, 11) is 0. The summed E-state index contributed by atoms with van der Waals surface area (Å²) in [5.74, 6) is -1.03. The Hall–Kier alpha value is -2.10. The molecule has 0 saturated heterocycles. The summed E-state index contributed by atoms with van der Waals surface area (Å²) in [5.41, 5.74) is 1.95. The molecule has 0 aliphatic carbocycles. The zero-order valence-electron chi connectivity index (χ0n) is 10.3. The quantitative estimate of drug-likeness (QED) is 0.844. The fraction of sp³-hybridized carbons (Fsp3) is 0.286. The van der Waals surface area contributed by atoms with E-state index in [-0.39, 0.29) is 12.0 Å². The van der Waals surface area contributed by atoms with Gasteiger partial charge in [-0.3, -0.25) is 4.79 Å². The van der Waals surface area contributed by atoms with Gasteiger partial charge in [0.25, 0.3) is 0 Å². The predicted octanol–water partition coefficient (Wildman–Crippen LogP) is 2.29. The second-order valence-electron chi connectivity index (χ2n) is 4.25. The Morgan fingerprint density at radius 2 is 2.11 bits per heavy atom. The largest absolute Gasteiger partial charge is 0.481 e. The highest BCUT2D eigenvalue weighted by atomic mass is 16.4. The van der Waals surface area contributed by atoms with E-state index < -0.39 is 11.6 Å². The van der Waals surface area contributed by atoms with Gasteiger partial charge in [-0.05, 0) is 30.5 Å². The molecular weight excluding hydrogens is 232 g/mol. The lowest BCUT2D eigenvalue weighted by Crippen LogP contribution is -2.14. The van der Waals surface area contributed by atoms with Crippen LogP contribution in [0.3, 0.4) is 0 Å². The first-order valence-electron chi connectivity index (χ1n) is 5.80. The van der Waals surface area contributed by atoms with E-state index in [1.807, 2.05) is 25.1 Å². The second kappa shape index (κ2) is 4.64. The van der Waals surface area contributed by atoms with E-state index in [2.05, 4.69) is 0 Å². The van der Waals surface area contributed by atoms with Gasteiger partial charge in [-0.15, -0.1) is 0 Å². The van der Waals surface area contributed by atoms with Gasteiger partial charge in [-0.1, -0.05) is 19.1 Å². The topological polar surface area (TPSA) is 67.5 Å². The van der Waals surface area contributed by atoms with Crippen molar-refractivity contribution in [1.82, 2.24) is 0 Å². The molecule has 0 aliphatic rings. The molecule has 1 aromatic heterocycles. The molecule has 94 valence electrons. The zero-order valence-corrected chi connectivity index (χ0v) is 10.3. The number of fused-ring (bicyclic) bond motifs is 1. The first-order chi connectivity index (χ1) is 8.52. The lowest BCUT2D eigenvalue weighted by atomic mass is 10.0. The van der Waals surface area contributed by atoms with Crippen LogP contribution in [0.1, 0.15) is 23.6 Å². The van der Waals surface area contributed by atoms with E-state index in [1.54, 1.807) is 6.92 Å². The van der Waals surface area contributed by atoms with E-state index in [0.717, 1.165) is 17.4 Å². The van der Waals surface area contributed by atoms with Crippen LogP contribution in [0.2, 0.25) is 0 Å². The molecule has 0 saturated carbocycles. The van der Waals surface area contributed by atoms with Crippen LogP contribution in [-0.4, -0.2) is 11.1 Å². The van der Waals surface area contributed by atoms with Crippen molar-refractivity contribution >= 4 is 16.9 Å². The molecule has 0 fully saturated rings. The van der Waals surface area contributed by atoms with Crippen molar-refractivity contribution < 1.29 is 14.3 Å². The van der Waals surface area contributed by atoms with Gasteiger partial charge in [-0.2, -0.15) is 0 Å². The van der Waals surface area contributed by atoms with Crippen LogP contribution in [0.4, 0.5) is 0 Å². The summed E-state index contributed by atoms with van der Waals surface area (Å²) < 4.78 is 5.20. The molecule has 0 radical (unpaired) electrons. The maximum atomic E-state index is 11.8. The fourth-order valence-electron chi connectivity index (χ4n) is 2.01. The third-order valence-electron chi connectivity index (χ3n) is 3.09. The molecule has 0 aliphatic heterocycles. The Morgan fingerprint density at radius 1 is 1.39 bits per heavy atom. The molecule has 18 heavy (non-hydrogen) atoms. The number of carboxylic acid groups (broad SMARTS) is 1. The monoisotopic (exact) mass is 246 g/mol. The van der Waals surface area contributed by atoms with Gasteiger partial charge in [0.2, 0.25) is 0 Å². The minimum Gasteiger partial charge on any atom is -0.481 e. The Morgan fingerprint density at radius 3 is 2.72 bits per heavy atom. The van der Waals surface area contributed by atoms with Crippen LogP contribution in [0, 0.1) is 6.92 Å². The average molecular weight is 246 g/mol. The molecule has 0 amide bonds. The van der Waals surface area contributed by atoms with Crippen molar-refractivity contribution in [2.45, 2.75) is 26.7 Å². The zero-order chi connectivity index (χ0) is 13.3. The molecule has 4 nitrogen and oxygen atoms in total. The fourth-order valence-corrected chi connectivity index (χ4v) is 2.01. The summed E-state index contributed by atoms with van der Waals surface area (Å²) in [6, 6.07) is 5.66. The smallest absolute Gasteiger partial charge is 0.340 e. The lowest BCUT2D eigenvalue weighted by Gasteiger charge is -2.07. The molecule has 4 heteroatoms. The number of aryl methyl sites for hydroxylation is 2. The Kier molecular flexibility index (Phi) is 3.19. The molecular formula is C14H14O4. The van der Waals surface area contributed by atoms with Gasteiger partial charge in [-0.25, -0.2) is 4.79 Å². The van der Waals surface area contributed by atoms with E-state index >= 15 is 0 Å². The van der Waals surface area contributed by atoms with Crippen LogP contribution in [-0.2, 0) is 17.6 Å². The number of rotatable bonds is 3. The second-order valence-corrected chi connectivity index (χ2v) is 4.25. The average Bonchev–Trinajstić information content (AvgIpc) is 2.33. The van der Waals surface area contributed by atoms with Crippen molar-refractivity contribution in [3.05, 3.63) is 45.3 Å². The van der Waals surface area contributed by atoms with E-state index in [9.17, 15) is 9.59 Å². The van der Waals surface area contributed by atoms with Crippen LogP contribution in [0.25, 0.3) is 11.0 Å². The van der Waals surface area contributed by atoms with Gasteiger partial charge >= 0.3 is 11.6 Å². The number of hydrogen-bond acceptors (Lipinski definition) is 3.